The van der Waals surface area contributed by atoms with Gasteiger partial charge in [0.25, 0.3) is 0 Å². The van der Waals surface area contributed by atoms with Crippen LogP contribution in [0, 0.1) is 0 Å². The zero-order chi connectivity index (χ0) is 16.2. The van der Waals surface area contributed by atoms with Crippen molar-refractivity contribution in [3.63, 3.8) is 0 Å². The Bertz CT molecular complexity index is 583. The fourth-order valence-electron chi connectivity index (χ4n) is 1.63. The molecule has 7 heteroatoms. The molecule has 0 aliphatic rings. The lowest BCUT2D eigenvalue weighted by Gasteiger charge is -2.20. The summed E-state index contributed by atoms with van der Waals surface area (Å²) in [6, 6.07) is 4.55. The molecule has 0 bridgehead atoms. The molecule has 1 aromatic rings. The van der Waals surface area contributed by atoms with Crippen LogP contribution in [0.25, 0.3) is 0 Å². The second-order valence-corrected chi connectivity index (χ2v) is 5.18. The van der Waals surface area contributed by atoms with Gasteiger partial charge in [-0.3, -0.25) is 14.4 Å². The van der Waals surface area contributed by atoms with E-state index in [9.17, 15) is 14.4 Å². The Balaban J connectivity index is 3.11. The number of esters is 2. The minimum Gasteiger partial charge on any atom is -0.423 e. The van der Waals surface area contributed by atoms with Crippen LogP contribution in [0.1, 0.15) is 26.3 Å². The molecule has 0 saturated carbocycles. The Hall–Kier alpha value is -1.92. The molecule has 0 saturated heterocycles. The molecule has 0 spiro atoms. The summed E-state index contributed by atoms with van der Waals surface area (Å²) in [7, 11) is 0. The van der Waals surface area contributed by atoms with Gasteiger partial charge in [-0.2, -0.15) is 0 Å². The van der Waals surface area contributed by atoms with E-state index in [4.69, 9.17) is 26.8 Å². The van der Waals surface area contributed by atoms with Crippen LogP contribution in [0.4, 0.5) is 0 Å². The van der Waals surface area contributed by atoms with Crippen molar-refractivity contribution in [3.8, 4) is 11.5 Å². The first-order valence-electron chi connectivity index (χ1n) is 6.10. The normalized spacial score (nSPS) is 13.2. The Morgan fingerprint density at radius 1 is 1.14 bits per heavy atom. The number of halogens is 1. The van der Waals surface area contributed by atoms with E-state index in [0.717, 1.165) is 0 Å². The first kappa shape index (κ1) is 17.1. The number of carbonyl (C=O) groups is 3. The molecule has 6 nitrogen and oxygen atoms in total. The maximum Gasteiger partial charge on any atom is 0.308 e. The van der Waals surface area contributed by atoms with Gasteiger partial charge in [-0.05, 0) is 42.6 Å². The topological polar surface area (TPSA) is 95.7 Å². The number of hydrogen-bond acceptors (Lipinski definition) is 6. The second kappa shape index (κ2) is 6.69. The molecule has 0 radical (unpaired) electrons. The summed E-state index contributed by atoms with van der Waals surface area (Å²) in [5.41, 5.74) is 5.15. The van der Waals surface area contributed by atoms with Crippen molar-refractivity contribution in [1.29, 1.82) is 0 Å². The van der Waals surface area contributed by atoms with Gasteiger partial charge in [-0.25, -0.2) is 0 Å². The molecule has 2 N–H and O–H groups in total. The monoisotopic (exact) mass is 313 g/mol. The number of rotatable bonds is 5. The lowest BCUT2D eigenvalue weighted by molar-refractivity contribution is -0.134. The zero-order valence-corrected chi connectivity index (χ0v) is 12.7. The van der Waals surface area contributed by atoms with Crippen LogP contribution in [-0.4, -0.2) is 22.7 Å². The molecule has 1 rings (SSSR count). The van der Waals surface area contributed by atoms with Gasteiger partial charge in [0.2, 0.25) is 5.24 Å². The van der Waals surface area contributed by atoms with Crippen LogP contribution < -0.4 is 15.2 Å². The quantitative estimate of drug-likeness (QED) is 0.503. The van der Waals surface area contributed by atoms with E-state index in [1.807, 2.05) is 0 Å². The third-order valence-corrected chi connectivity index (χ3v) is 2.97. The zero-order valence-electron chi connectivity index (χ0n) is 11.9. The van der Waals surface area contributed by atoms with Crippen LogP contribution >= 0.6 is 11.6 Å². The van der Waals surface area contributed by atoms with E-state index in [-0.39, 0.29) is 17.9 Å². The van der Waals surface area contributed by atoms with Crippen LogP contribution in [-0.2, 0) is 20.8 Å². The molecule has 114 valence electrons. The van der Waals surface area contributed by atoms with E-state index >= 15 is 0 Å². The van der Waals surface area contributed by atoms with Crippen molar-refractivity contribution in [2.24, 2.45) is 5.73 Å². The Morgan fingerprint density at radius 3 is 2.14 bits per heavy atom. The van der Waals surface area contributed by atoms with Crippen molar-refractivity contribution < 1.29 is 23.9 Å². The number of benzene rings is 1. The highest BCUT2D eigenvalue weighted by atomic mass is 35.5. The van der Waals surface area contributed by atoms with Gasteiger partial charge in [-0.1, -0.05) is 6.07 Å². The van der Waals surface area contributed by atoms with Crippen LogP contribution in [0.5, 0.6) is 11.5 Å². The molecule has 0 fully saturated rings. The average Bonchev–Trinajstić information content (AvgIpc) is 2.30. The van der Waals surface area contributed by atoms with Gasteiger partial charge in [0.15, 0.2) is 11.5 Å². The summed E-state index contributed by atoms with van der Waals surface area (Å²) in [5.74, 6) is -0.925. The van der Waals surface area contributed by atoms with Crippen molar-refractivity contribution in [2.45, 2.75) is 32.7 Å². The number of carbonyl (C=O) groups excluding carboxylic acids is 3. The average molecular weight is 314 g/mol. The maximum atomic E-state index is 11.2. The van der Waals surface area contributed by atoms with Gasteiger partial charge in [0, 0.05) is 13.8 Å². The summed E-state index contributed by atoms with van der Waals surface area (Å²) >= 11 is 5.42. The summed E-state index contributed by atoms with van der Waals surface area (Å²) in [6.07, 6.45) is 0.143. The Kier molecular flexibility index (Phi) is 5.46. The number of nitrogens with two attached hydrogens (primary N) is 1. The standard InChI is InChI=1S/C14H16ClNO5/c1-8(17)20-11-5-4-10(6-12(11)21-9(2)18)7-14(3,16)13(15)19/h4-6H,7,16H2,1-3H3. The predicted octanol–water partition coefficient (Wildman–Crippen LogP) is 1.56. The van der Waals surface area contributed by atoms with Crippen molar-refractivity contribution in [3.05, 3.63) is 23.8 Å². The van der Waals surface area contributed by atoms with E-state index < -0.39 is 22.7 Å². The summed E-state index contributed by atoms with van der Waals surface area (Å²) in [4.78, 5) is 33.3. The third-order valence-electron chi connectivity index (χ3n) is 2.54. The largest absolute Gasteiger partial charge is 0.423 e. The molecule has 1 aromatic carbocycles. The fourth-order valence-corrected chi connectivity index (χ4v) is 1.70. The summed E-state index contributed by atoms with van der Waals surface area (Å²) < 4.78 is 9.93. The van der Waals surface area contributed by atoms with Gasteiger partial charge < -0.3 is 15.2 Å². The van der Waals surface area contributed by atoms with Gasteiger partial charge in [-0.15, -0.1) is 0 Å². The van der Waals surface area contributed by atoms with Crippen molar-refractivity contribution >= 4 is 28.8 Å². The molecule has 0 aliphatic carbocycles. The third kappa shape index (κ3) is 5.17. The molecule has 1 unspecified atom stereocenters. The lowest BCUT2D eigenvalue weighted by atomic mass is 9.95. The summed E-state index contributed by atoms with van der Waals surface area (Å²) in [6.45, 7) is 3.95. The Labute approximate surface area is 127 Å². The van der Waals surface area contributed by atoms with Crippen LogP contribution in [0.3, 0.4) is 0 Å². The first-order valence-corrected chi connectivity index (χ1v) is 6.48. The van der Waals surface area contributed by atoms with E-state index in [0.29, 0.717) is 5.56 Å². The SMILES string of the molecule is CC(=O)Oc1ccc(CC(C)(N)C(=O)Cl)cc1OC(C)=O. The van der Waals surface area contributed by atoms with E-state index in [1.54, 1.807) is 6.07 Å². The molecular formula is C14H16ClNO5. The van der Waals surface area contributed by atoms with E-state index in [1.165, 1.54) is 32.9 Å². The minimum absolute atomic E-state index is 0.0769. The predicted molar refractivity (Wildman–Crippen MR) is 76.2 cm³/mol. The number of hydrogen-bond donors (Lipinski definition) is 1. The maximum absolute atomic E-state index is 11.2. The van der Waals surface area contributed by atoms with Gasteiger partial charge >= 0.3 is 11.9 Å². The van der Waals surface area contributed by atoms with Crippen molar-refractivity contribution in [2.75, 3.05) is 0 Å². The highest BCUT2D eigenvalue weighted by Crippen LogP contribution is 2.30. The molecule has 21 heavy (non-hydrogen) atoms. The van der Waals surface area contributed by atoms with E-state index in [2.05, 4.69) is 0 Å². The molecule has 0 heterocycles. The molecule has 0 aromatic heterocycles. The Morgan fingerprint density at radius 2 is 1.67 bits per heavy atom. The second-order valence-electron chi connectivity index (χ2n) is 4.84. The van der Waals surface area contributed by atoms with Crippen LogP contribution in [0.2, 0.25) is 0 Å². The fraction of sp³-hybridized carbons (Fsp3) is 0.357. The number of ether oxygens (including phenoxy) is 2. The van der Waals surface area contributed by atoms with Gasteiger partial charge in [0.1, 0.15) is 0 Å². The molecule has 1 atom stereocenters. The molecular weight excluding hydrogens is 298 g/mol. The molecule has 0 amide bonds. The summed E-state index contributed by atoms with van der Waals surface area (Å²) in [5, 5.41) is -0.680. The smallest absolute Gasteiger partial charge is 0.308 e. The minimum atomic E-state index is -1.25. The lowest BCUT2D eigenvalue weighted by Crippen LogP contribution is -2.44. The molecule has 0 aliphatic heterocycles. The van der Waals surface area contributed by atoms with Crippen molar-refractivity contribution in [1.82, 2.24) is 0 Å². The highest BCUT2D eigenvalue weighted by molar-refractivity contribution is 6.65. The highest BCUT2D eigenvalue weighted by Gasteiger charge is 2.27. The van der Waals surface area contributed by atoms with Crippen LogP contribution in [0.15, 0.2) is 18.2 Å². The van der Waals surface area contributed by atoms with Gasteiger partial charge in [0.05, 0.1) is 5.54 Å². The first-order chi connectivity index (χ1) is 9.61.